The molecule has 5 heterocycles. The number of hydrogen-bond donors (Lipinski definition) is 1. The summed E-state index contributed by atoms with van der Waals surface area (Å²) in [4.78, 5) is 20.1. The molecule has 4 aromatic rings. The number of aromatic nitrogens is 3. The first-order chi connectivity index (χ1) is 22.2. The molecule has 2 atom stereocenters. The Bertz CT molecular complexity index is 1870. The average molecular weight is 633 g/mol. The molecular weight excluding hydrogens is 597 g/mol. The number of ether oxygens (including phenoxy) is 2. The second kappa shape index (κ2) is 11.8. The fourth-order valence-corrected chi connectivity index (χ4v) is 7.27. The topological polar surface area (TPSA) is 87.1 Å². The van der Waals surface area contributed by atoms with Crippen molar-refractivity contribution < 1.29 is 27.8 Å². The number of phenolic OH excluding ortho intramolecular Hbond substituents is 1. The lowest BCUT2D eigenvalue weighted by Crippen LogP contribution is -2.43. The first kappa shape index (κ1) is 30.3. The molecule has 0 amide bonds. The Morgan fingerprint density at radius 1 is 1.11 bits per heavy atom. The summed E-state index contributed by atoms with van der Waals surface area (Å²) in [5, 5.41) is 11.7. The summed E-state index contributed by atoms with van der Waals surface area (Å²) < 4.78 is 58.4. The molecule has 3 saturated heterocycles. The number of benzene rings is 2. The van der Waals surface area contributed by atoms with E-state index in [-0.39, 0.29) is 46.1 Å². The van der Waals surface area contributed by atoms with Crippen molar-refractivity contribution in [2.45, 2.75) is 37.4 Å². The number of nitrogens with zero attached hydrogens (tertiary/aromatic N) is 6. The molecule has 3 aliphatic heterocycles. The first-order valence-corrected chi connectivity index (χ1v) is 15.5. The van der Waals surface area contributed by atoms with E-state index in [0.29, 0.717) is 61.7 Å². The normalized spacial score (nSPS) is 21.8. The van der Waals surface area contributed by atoms with Crippen LogP contribution in [0.5, 0.6) is 11.8 Å². The number of phenols is 1. The second-order valence-corrected chi connectivity index (χ2v) is 12.5. The van der Waals surface area contributed by atoms with Crippen LogP contribution in [0.4, 0.5) is 24.8 Å². The van der Waals surface area contributed by atoms with Gasteiger partial charge >= 0.3 is 6.01 Å². The minimum Gasteiger partial charge on any atom is -0.508 e. The molecule has 2 aromatic carbocycles. The van der Waals surface area contributed by atoms with Crippen molar-refractivity contribution in [3.8, 4) is 35.4 Å². The van der Waals surface area contributed by atoms with Crippen LogP contribution in [0.2, 0.25) is 0 Å². The predicted molar refractivity (Wildman–Crippen MR) is 170 cm³/mol. The Labute approximate surface area is 264 Å². The Hall–Kier alpha value is -4.34. The van der Waals surface area contributed by atoms with Crippen LogP contribution in [0.1, 0.15) is 31.2 Å². The number of aromatic hydroxyl groups is 1. The molecule has 3 aliphatic rings. The van der Waals surface area contributed by atoms with Gasteiger partial charge < -0.3 is 24.4 Å². The van der Waals surface area contributed by atoms with E-state index < -0.39 is 23.3 Å². The van der Waals surface area contributed by atoms with Gasteiger partial charge in [-0.1, -0.05) is 12.0 Å². The molecule has 2 aromatic heterocycles. The van der Waals surface area contributed by atoms with Crippen molar-refractivity contribution in [2.75, 3.05) is 69.9 Å². The van der Waals surface area contributed by atoms with Crippen molar-refractivity contribution in [1.29, 1.82) is 0 Å². The second-order valence-electron chi connectivity index (χ2n) is 12.5. The highest BCUT2D eigenvalue weighted by Crippen LogP contribution is 2.43. The van der Waals surface area contributed by atoms with E-state index in [1.165, 1.54) is 24.3 Å². The van der Waals surface area contributed by atoms with Gasteiger partial charge in [0.05, 0.1) is 23.1 Å². The van der Waals surface area contributed by atoms with Crippen LogP contribution >= 0.6 is 0 Å². The van der Waals surface area contributed by atoms with E-state index in [1.54, 1.807) is 19.0 Å². The summed E-state index contributed by atoms with van der Waals surface area (Å²) in [5.74, 6) is 1.58. The summed E-state index contributed by atoms with van der Waals surface area (Å²) >= 11 is 0. The zero-order valence-electron chi connectivity index (χ0n) is 25.8. The fourth-order valence-electron chi connectivity index (χ4n) is 7.27. The van der Waals surface area contributed by atoms with Crippen LogP contribution in [0.3, 0.4) is 0 Å². The van der Waals surface area contributed by atoms with E-state index >= 15 is 4.39 Å². The Morgan fingerprint density at radius 2 is 1.96 bits per heavy atom. The highest BCUT2D eigenvalue weighted by molar-refractivity contribution is 6.05. The molecule has 12 heteroatoms. The zero-order chi connectivity index (χ0) is 32.2. The Morgan fingerprint density at radius 3 is 2.76 bits per heavy atom. The lowest BCUT2D eigenvalue weighted by molar-refractivity contribution is 0.107. The van der Waals surface area contributed by atoms with Gasteiger partial charge in [-0.3, -0.25) is 4.90 Å². The largest absolute Gasteiger partial charge is 0.508 e. The highest BCUT2D eigenvalue weighted by Gasteiger charge is 2.49. The molecule has 1 N–H and O–H groups in total. The number of halogens is 3. The molecule has 0 spiro atoms. The van der Waals surface area contributed by atoms with Gasteiger partial charge in [-0.25, -0.2) is 18.2 Å². The van der Waals surface area contributed by atoms with E-state index in [2.05, 4.69) is 15.8 Å². The van der Waals surface area contributed by atoms with Crippen molar-refractivity contribution in [2.24, 2.45) is 0 Å². The standard InChI is InChI=1S/C34H35F3N6O3/c1-4-23-25(36)8-7-20-15-22(44)16-24(26(20)23)29-28(37)30-27(31(38-29)41(2)3)32(42-10-6-13-45-14-12-42)40-33(39-30)46-19-34-9-5-11-43(34)18-21(35)17-34/h1,7-8,15-16,21,44H,5-6,9-14,17-19H2,2-3H3/t21-,34+/m1/s1. The number of alkyl halides is 1. The number of anilines is 2. The monoisotopic (exact) mass is 632 g/mol. The molecule has 9 nitrogen and oxygen atoms in total. The van der Waals surface area contributed by atoms with Gasteiger partial charge in [-0.15, -0.1) is 6.42 Å². The third kappa shape index (κ3) is 5.11. The minimum atomic E-state index is -0.933. The summed E-state index contributed by atoms with van der Waals surface area (Å²) in [7, 11) is 3.55. The lowest BCUT2D eigenvalue weighted by Gasteiger charge is -2.31. The maximum absolute atomic E-state index is 17.1. The average Bonchev–Trinajstić information content (AvgIpc) is 3.41. The predicted octanol–water partition coefficient (Wildman–Crippen LogP) is 5.06. The molecule has 0 aliphatic carbocycles. The Kier molecular flexibility index (Phi) is 7.77. The molecule has 0 bridgehead atoms. The summed E-state index contributed by atoms with van der Waals surface area (Å²) in [6.45, 7) is 3.49. The highest BCUT2D eigenvalue weighted by atomic mass is 19.1. The van der Waals surface area contributed by atoms with Crippen molar-refractivity contribution >= 4 is 33.3 Å². The van der Waals surface area contributed by atoms with Gasteiger partial charge in [0.1, 0.15) is 47.2 Å². The molecule has 0 radical (unpaired) electrons. The zero-order valence-corrected chi connectivity index (χ0v) is 25.8. The molecular formula is C34H35F3N6O3. The Balaban J connectivity index is 1.46. The molecule has 0 unspecified atom stereocenters. The molecule has 240 valence electrons. The third-order valence-electron chi connectivity index (χ3n) is 9.35. The number of rotatable bonds is 6. The van der Waals surface area contributed by atoms with Gasteiger partial charge in [-0.05, 0) is 49.4 Å². The van der Waals surface area contributed by atoms with E-state index in [0.717, 1.165) is 25.8 Å². The van der Waals surface area contributed by atoms with Crippen LogP contribution in [-0.2, 0) is 4.74 Å². The maximum atomic E-state index is 17.1. The number of hydrogen-bond acceptors (Lipinski definition) is 9. The lowest BCUT2D eigenvalue weighted by atomic mass is 9.95. The number of fused-ring (bicyclic) bond motifs is 3. The summed E-state index contributed by atoms with van der Waals surface area (Å²) in [5.41, 5.74) is -0.618. The van der Waals surface area contributed by atoms with E-state index in [4.69, 9.17) is 25.9 Å². The minimum absolute atomic E-state index is 0.0342. The fraction of sp³-hybridized carbons (Fsp3) is 0.441. The summed E-state index contributed by atoms with van der Waals surface area (Å²) in [6, 6.07) is 5.42. The van der Waals surface area contributed by atoms with E-state index in [9.17, 15) is 13.9 Å². The van der Waals surface area contributed by atoms with Gasteiger partial charge in [0.15, 0.2) is 5.82 Å². The molecule has 3 fully saturated rings. The number of terminal acetylenes is 1. The van der Waals surface area contributed by atoms with Gasteiger partial charge in [0.25, 0.3) is 0 Å². The smallest absolute Gasteiger partial charge is 0.319 e. The van der Waals surface area contributed by atoms with Crippen molar-refractivity contribution in [3.63, 3.8) is 0 Å². The number of pyridine rings is 1. The molecule has 0 saturated carbocycles. The van der Waals surface area contributed by atoms with Gasteiger partial charge in [-0.2, -0.15) is 9.97 Å². The first-order valence-electron chi connectivity index (χ1n) is 15.5. The van der Waals surface area contributed by atoms with E-state index in [1.807, 2.05) is 4.90 Å². The van der Waals surface area contributed by atoms with Gasteiger partial charge in [0.2, 0.25) is 0 Å². The van der Waals surface area contributed by atoms with Crippen molar-refractivity contribution in [1.82, 2.24) is 19.9 Å². The SMILES string of the molecule is C#Cc1c(F)ccc2cc(O)cc(-c3nc(N(C)C)c4c(N5CCCOCC5)nc(OC[C@@]56CCCN5C[C@H](F)C6)nc4c3F)c12. The summed E-state index contributed by atoms with van der Waals surface area (Å²) in [6.07, 6.45) is 7.63. The van der Waals surface area contributed by atoms with Crippen LogP contribution < -0.4 is 14.5 Å². The molecule has 46 heavy (non-hydrogen) atoms. The third-order valence-corrected chi connectivity index (χ3v) is 9.35. The van der Waals surface area contributed by atoms with Crippen LogP contribution in [-0.4, -0.2) is 96.8 Å². The maximum Gasteiger partial charge on any atom is 0.319 e. The van der Waals surface area contributed by atoms with Crippen LogP contribution in [0.15, 0.2) is 24.3 Å². The van der Waals surface area contributed by atoms with Crippen LogP contribution in [0, 0.1) is 24.0 Å². The quantitative estimate of drug-likeness (QED) is 0.293. The van der Waals surface area contributed by atoms with Gasteiger partial charge in [0, 0.05) is 57.7 Å². The molecule has 7 rings (SSSR count). The van der Waals surface area contributed by atoms with Crippen molar-refractivity contribution in [3.05, 3.63) is 41.5 Å². The van der Waals surface area contributed by atoms with Crippen LogP contribution in [0.25, 0.3) is 32.9 Å².